The van der Waals surface area contributed by atoms with Crippen molar-refractivity contribution in [1.29, 1.82) is 0 Å². The number of alkyl halides is 1. The van der Waals surface area contributed by atoms with Gasteiger partial charge in [0.2, 0.25) is 5.95 Å². The third-order valence-electron chi connectivity index (χ3n) is 7.00. The summed E-state index contributed by atoms with van der Waals surface area (Å²) < 4.78 is 28.8. The quantitative estimate of drug-likeness (QED) is 0.307. The van der Waals surface area contributed by atoms with E-state index in [1.54, 1.807) is 49.1 Å². The predicted octanol–water partition coefficient (Wildman–Crippen LogP) is 4.23. The van der Waals surface area contributed by atoms with Crippen molar-refractivity contribution in [1.82, 2.24) is 29.5 Å². The zero-order valence-electron chi connectivity index (χ0n) is 23.6. The van der Waals surface area contributed by atoms with Crippen LogP contribution in [-0.2, 0) is 13.1 Å². The minimum atomic E-state index is -0.497. The summed E-state index contributed by atoms with van der Waals surface area (Å²) in [6.07, 6.45) is 6.41. The largest absolute Gasteiger partial charge is 0.322 e. The van der Waals surface area contributed by atoms with Crippen LogP contribution in [0.25, 0.3) is 0 Å². The van der Waals surface area contributed by atoms with Gasteiger partial charge in [0.15, 0.2) is 0 Å². The molecule has 0 unspecified atom stereocenters. The molecule has 0 radical (unpaired) electrons. The summed E-state index contributed by atoms with van der Waals surface area (Å²) in [5, 5.41) is 9.85. The standard InChI is InChI=1S/C31H32F2N8O/c1-22-3-5-25(30(42)37-27-8-7-26(29(33)16-27)20-40-13-11-39(2)12-14-40)15-24(22)6-4-23-17-34-31(35-18-23)38-28-19-36-41(21-28)10-9-32/h3,5,7-8,15-19,21H,9-14,20H2,1-2H3,(H,37,42)(H,34,35,38). The van der Waals surface area contributed by atoms with Crippen LogP contribution in [0, 0.1) is 24.6 Å². The lowest BCUT2D eigenvalue weighted by Crippen LogP contribution is -2.44. The first-order chi connectivity index (χ1) is 20.4. The second-order valence-electron chi connectivity index (χ2n) is 10.2. The Labute approximate surface area is 243 Å². The second kappa shape index (κ2) is 13.3. The first-order valence-corrected chi connectivity index (χ1v) is 13.7. The van der Waals surface area contributed by atoms with Crippen LogP contribution in [0.1, 0.15) is 32.6 Å². The lowest BCUT2D eigenvalue weighted by Gasteiger charge is -2.32. The third kappa shape index (κ3) is 7.54. The van der Waals surface area contributed by atoms with E-state index in [4.69, 9.17) is 0 Å². The lowest BCUT2D eigenvalue weighted by molar-refractivity contribution is 0.102. The third-order valence-corrected chi connectivity index (χ3v) is 7.00. The number of nitrogens with zero attached hydrogens (tertiary/aromatic N) is 6. The molecule has 1 aliphatic rings. The van der Waals surface area contributed by atoms with Gasteiger partial charge in [0.25, 0.3) is 5.91 Å². The van der Waals surface area contributed by atoms with Gasteiger partial charge in [0, 0.05) is 73.7 Å². The SMILES string of the molecule is Cc1ccc(C(=O)Nc2ccc(CN3CCN(C)CC3)c(F)c2)cc1C#Cc1cnc(Nc2cnn(CCF)c2)nc1. The maximum absolute atomic E-state index is 14.8. The van der Waals surface area contributed by atoms with Gasteiger partial charge in [-0.1, -0.05) is 24.0 Å². The van der Waals surface area contributed by atoms with E-state index in [1.165, 1.54) is 10.7 Å². The van der Waals surface area contributed by atoms with Crippen molar-refractivity contribution in [3.05, 3.63) is 94.8 Å². The first-order valence-electron chi connectivity index (χ1n) is 13.7. The van der Waals surface area contributed by atoms with E-state index in [-0.39, 0.29) is 18.3 Å². The fraction of sp³-hybridized carbons (Fsp3) is 0.290. The second-order valence-corrected chi connectivity index (χ2v) is 10.2. The summed E-state index contributed by atoms with van der Waals surface area (Å²) in [5.74, 6) is 5.79. The summed E-state index contributed by atoms with van der Waals surface area (Å²) >= 11 is 0. The van der Waals surface area contributed by atoms with E-state index in [2.05, 4.69) is 54.4 Å². The molecule has 9 nitrogen and oxygen atoms in total. The molecule has 0 atom stereocenters. The zero-order chi connectivity index (χ0) is 29.5. The Balaban J connectivity index is 1.21. The lowest BCUT2D eigenvalue weighted by atomic mass is 10.0. The van der Waals surface area contributed by atoms with Gasteiger partial charge in [-0.2, -0.15) is 5.10 Å². The van der Waals surface area contributed by atoms with Crippen LogP contribution in [0.4, 0.5) is 26.1 Å². The topological polar surface area (TPSA) is 91.2 Å². The summed E-state index contributed by atoms with van der Waals surface area (Å²) in [6.45, 7) is 5.88. The number of halogens is 2. The highest BCUT2D eigenvalue weighted by Gasteiger charge is 2.16. The number of rotatable bonds is 8. The van der Waals surface area contributed by atoms with Crippen LogP contribution in [-0.4, -0.2) is 75.4 Å². The van der Waals surface area contributed by atoms with Crippen LogP contribution < -0.4 is 10.6 Å². The van der Waals surface area contributed by atoms with Crippen LogP contribution >= 0.6 is 0 Å². The molecule has 42 heavy (non-hydrogen) atoms. The van der Waals surface area contributed by atoms with Crippen molar-refractivity contribution in [2.45, 2.75) is 20.0 Å². The number of hydrogen-bond acceptors (Lipinski definition) is 7. The van der Waals surface area contributed by atoms with Crippen LogP contribution in [0.3, 0.4) is 0 Å². The molecule has 2 aromatic heterocycles. The highest BCUT2D eigenvalue weighted by Crippen LogP contribution is 2.19. The molecule has 2 N–H and O–H groups in total. The van der Waals surface area contributed by atoms with Gasteiger partial charge in [-0.3, -0.25) is 14.4 Å². The first kappa shape index (κ1) is 28.9. The molecule has 1 aliphatic heterocycles. The normalized spacial score (nSPS) is 13.8. The Hall–Kier alpha value is -4.66. The van der Waals surface area contributed by atoms with Crippen LogP contribution in [0.15, 0.2) is 61.2 Å². The Morgan fingerprint density at radius 2 is 1.79 bits per heavy atom. The molecule has 2 aromatic carbocycles. The number of likely N-dealkylation sites (N-methyl/N-ethyl adjacent to an activating group) is 1. The molecule has 0 bridgehead atoms. The molecule has 4 aromatic rings. The number of anilines is 3. The molecule has 11 heteroatoms. The molecule has 216 valence electrons. The smallest absolute Gasteiger partial charge is 0.255 e. The van der Waals surface area contributed by atoms with Crippen molar-refractivity contribution >= 4 is 23.2 Å². The van der Waals surface area contributed by atoms with Gasteiger partial charge in [-0.05, 0) is 43.8 Å². The predicted molar refractivity (Wildman–Crippen MR) is 158 cm³/mol. The molecule has 5 rings (SSSR count). The van der Waals surface area contributed by atoms with Gasteiger partial charge in [-0.25, -0.2) is 18.7 Å². The number of carbonyl (C=O) groups is 1. The van der Waals surface area contributed by atoms with E-state index in [1.807, 2.05) is 13.0 Å². The number of hydrogen-bond donors (Lipinski definition) is 2. The van der Waals surface area contributed by atoms with E-state index in [0.717, 1.165) is 31.7 Å². The minimum Gasteiger partial charge on any atom is -0.322 e. The van der Waals surface area contributed by atoms with E-state index in [0.29, 0.717) is 46.1 Å². The summed E-state index contributed by atoms with van der Waals surface area (Å²) in [5.41, 5.74) is 4.25. The number of piperazine rings is 1. The number of amides is 1. The van der Waals surface area contributed by atoms with Gasteiger partial charge in [0.1, 0.15) is 12.5 Å². The Kier molecular flexibility index (Phi) is 9.16. The van der Waals surface area contributed by atoms with Crippen molar-refractivity contribution < 1.29 is 13.6 Å². The zero-order valence-corrected chi connectivity index (χ0v) is 23.6. The van der Waals surface area contributed by atoms with Crippen LogP contribution in [0.5, 0.6) is 0 Å². The highest BCUT2D eigenvalue weighted by molar-refractivity contribution is 6.04. The maximum Gasteiger partial charge on any atom is 0.255 e. The molecule has 1 amide bonds. The number of nitrogens with one attached hydrogen (secondary N) is 2. The molecule has 0 spiro atoms. The van der Waals surface area contributed by atoms with Crippen molar-refractivity contribution in [2.75, 3.05) is 50.5 Å². The highest BCUT2D eigenvalue weighted by atomic mass is 19.1. The van der Waals surface area contributed by atoms with Crippen molar-refractivity contribution in [2.24, 2.45) is 0 Å². The fourth-order valence-corrected chi connectivity index (χ4v) is 4.46. The number of carbonyl (C=O) groups excluding carboxylic acids is 1. The Bertz CT molecular complexity index is 1600. The fourth-order valence-electron chi connectivity index (χ4n) is 4.46. The van der Waals surface area contributed by atoms with E-state index in [9.17, 15) is 13.6 Å². The summed E-state index contributed by atoms with van der Waals surface area (Å²) in [4.78, 5) is 26.0. The van der Waals surface area contributed by atoms with E-state index >= 15 is 0 Å². The molecule has 0 saturated carbocycles. The molecular formula is C31H32F2N8O. The average molecular weight is 571 g/mol. The van der Waals surface area contributed by atoms with Gasteiger partial charge < -0.3 is 15.5 Å². The molecular weight excluding hydrogens is 538 g/mol. The Morgan fingerprint density at radius 1 is 1.00 bits per heavy atom. The van der Waals surface area contributed by atoms with Crippen molar-refractivity contribution in [3.8, 4) is 11.8 Å². The van der Waals surface area contributed by atoms with Crippen LogP contribution in [0.2, 0.25) is 0 Å². The van der Waals surface area contributed by atoms with Crippen molar-refractivity contribution in [3.63, 3.8) is 0 Å². The monoisotopic (exact) mass is 570 g/mol. The molecule has 1 fully saturated rings. The summed E-state index contributed by atoms with van der Waals surface area (Å²) in [6, 6.07) is 10.1. The number of aromatic nitrogens is 4. The molecule has 3 heterocycles. The van der Waals surface area contributed by atoms with Gasteiger partial charge in [0.05, 0.1) is 24.0 Å². The Morgan fingerprint density at radius 3 is 2.52 bits per heavy atom. The van der Waals surface area contributed by atoms with Gasteiger partial charge in [-0.15, -0.1) is 0 Å². The number of benzene rings is 2. The molecule has 1 saturated heterocycles. The van der Waals surface area contributed by atoms with Gasteiger partial charge >= 0.3 is 0 Å². The summed E-state index contributed by atoms with van der Waals surface area (Å²) in [7, 11) is 2.09. The molecule has 0 aliphatic carbocycles. The van der Waals surface area contributed by atoms with E-state index < -0.39 is 6.67 Å². The maximum atomic E-state index is 14.8. The number of aryl methyl sites for hydroxylation is 2. The average Bonchev–Trinajstić information content (AvgIpc) is 3.42. The minimum absolute atomic E-state index is 0.183.